The number of carboxylic acids is 1. The predicted molar refractivity (Wildman–Crippen MR) is 116 cm³/mol. The Morgan fingerprint density at radius 2 is 1.47 bits per heavy atom. The van der Waals surface area contributed by atoms with Crippen LogP contribution < -0.4 is 22.2 Å². The first-order valence-corrected chi connectivity index (χ1v) is 9.35. The second-order valence-corrected chi connectivity index (χ2v) is 6.24. The minimum absolute atomic E-state index is 0.0369. The standard InChI is InChI=1S/C13H18N4O3.C7H6N2O3/c14-13(15)16-8-4-7-10(12(19)20)17-11(18)9-5-2-1-3-6-9;10-7(8-9(11)12)6-4-2-1-3-5-6/h1-3,5-6,10H,4,7-8H2,(H,17,18)(H,19,20)(H4,14,15,16);1-5H,(H,8,10). The maximum atomic E-state index is 11.9. The van der Waals surface area contributed by atoms with Gasteiger partial charge in [0.2, 0.25) is 0 Å². The molecule has 1 unspecified atom stereocenters. The highest BCUT2D eigenvalue weighted by Crippen LogP contribution is 2.03. The highest BCUT2D eigenvalue weighted by molar-refractivity contribution is 5.96. The van der Waals surface area contributed by atoms with Gasteiger partial charge in [-0.15, -0.1) is 0 Å². The molecule has 0 saturated heterocycles. The molecule has 2 aromatic rings. The average Bonchev–Trinajstić information content (AvgIpc) is 2.76. The normalized spacial score (nSPS) is 10.5. The van der Waals surface area contributed by atoms with Crippen LogP contribution in [0, 0.1) is 10.1 Å². The summed E-state index contributed by atoms with van der Waals surface area (Å²) in [6, 6.07) is 15.5. The van der Waals surface area contributed by atoms with Gasteiger partial charge >= 0.3 is 11.9 Å². The Balaban J connectivity index is 0.000000363. The van der Waals surface area contributed by atoms with Crippen LogP contribution >= 0.6 is 0 Å². The lowest BCUT2D eigenvalue weighted by molar-refractivity contribution is -0.527. The molecule has 0 saturated carbocycles. The molecule has 0 fully saturated rings. The summed E-state index contributed by atoms with van der Waals surface area (Å²) >= 11 is 0. The number of hydrogen-bond donors (Lipinski definition) is 5. The number of nitro groups is 1. The Morgan fingerprint density at radius 1 is 0.969 bits per heavy atom. The number of carbonyl (C=O) groups is 3. The van der Waals surface area contributed by atoms with Gasteiger partial charge in [-0.05, 0) is 37.1 Å². The van der Waals surface area contributed by atoms with Crippen LogP contribution in [0.1, 0.15) is 33.6 Å². The molecule has 0 aromatic heterocycles. The number of amides is 2. The third-order valence-corrected chi connectivity index (χ3v) is 3.81. The number of benzene rings is 2. The van der Waals surface area contributed by atoms with E-state index in [4.69, 9.17) is 16.6 Å². The van der Waals surface area contributed by atoms with Crippen molar-refractivity contribution in [1.82, 2.24) is 10.7 Å². The van der Waals surface area contributed by atoms with Crippen molar-refractivity contribution in [2.75, 3.05) is 6.54 Å². The van der Waals surface area contributed by atoms with Crippen molar-refractivity contribution >= 4 is 23.7 Å². The number of aliphatic imine (C=N–C) groups is 1. The first-order valence-electron chi connectivity index (χ1n) is 9.35. The number of hydrazine groups is 1. The van der Waals surface area contributed by atoms with Crippen LogP contribution in [0.3, 0.4) is 0 Å². The smallest absolute Gasteiger partial charge is 0.326 e. The zero-order valence-electron chi connectivity index (χ0n) is 17.0. The lowest BCUT2D eigenvalue weighted by Gasteiger charge is -2.14. The van der Waals surface area contributed by atoms with Gasteiger partial charge in [0, 0.05) is 17.7 Å². The van der Waals surface area contributed by atoms with Crippen LogP contribution in [0.5, 0.6) is 0 Å². The number of nitrogens with one attached hydrogen (secondary N) is 2. The maximum absolute atomic E-state index is 11.9. The van der Waals surface area contributed by atoms with Crippen molar-refractivity contribution in [3.8, 4) is 0 Å². The summed E-state index contributed by atoms with van der Waals surface area (Å²) in [5, 5.41) is 20.5. The second-order valence-electron chi connectivity index (χ2n) is 6.24. The van der Waals surface area contributed by atoms with Gasteiger partial charge < -0.3 is 21.9 Å². The molecule has 1 atom stereocenters. The van der Waals surface area contributed by atoms with Gasteiger partial charge in [-0.3, -0.25) is 14.6 Å². The van der Waals surface area contributed by atoms with Crippen molar-refractivity contribution in [2.24, 2.45) is 16.5 Å². The average molecular weight is 444 g/mol. The van der Waals surface area contributed by atoms with Crippen LogP contribution in [0.4, 0.5) is 0 Å². The maximum Gasteiger partial charge on any atom is 0.326 e. The van der Waals surface area contributed by atoms with E-state index in [2.05, 4.69) is 10.3 Å². The molecule has 0 aliphatic heterocycles. The Kier molecular flexibility index (Phi) is 10.9. The SMILES string of the molecule is NC(N)=NCCCC(NC(=O)c1ccccc1)C(=O)O.O=C(N[N+](=O)[O-])c1ccccc1. The lowest BCUT2D eigenvalue weighted by atomic mass is 10.1. The van der Waals surface area contributed by atoms with Crippen molar-refractivity contribution in [3.05, 3.63) is 81.9 Å². The molecule has 2 rings (SSSR count). The fourth-order valence-corrected chi connectivity index (χ4v) is 2.33. The number of guanidine groups is 1. The van der Waals surface area contributed by atoms with E-state index in [9.17, 15) is 24.5 Å². The number of aliphatic carboxylic acids is 1. The van der Waals surface area contributed by atoms with Crippen molar-refractivity contribution in [1.29, 1.82) is 0 Å². The number of carboxylic acid groups (broad SMARTS) is 1. The molecule has 170 valence electrons. The summed E-state index contributed by atoms with van der Waals surface area (Å²) in [4.78, 5) is 47.5. The summed E-state index contributed by atoms with van der Waals surface area (Å²) in [5.41, 5.74) is 12.6. The Bertz CT molecular complexity index is 932. The molecule has 0 spiro atoms. The number of rotatable bonds is 9. The van der Waals surface area contributed by atoms with Crippen LogP contribution in [0.25, 0.3) is 0 Å². The minimum Gasteiger partial charge on any atom is -0.480 e. The zero-order chi connectivity index (χ0) is 23.9. The van der Waals surface area contributed by atoms with Gasteiger partial charge in [0.05, 0.1) is 0 Å². The molecule has 0 aliphatic carbocycles. The van der Waals surface area contributed by atoms with Crippen molar-refractivity contribution in [3.63, 3.8) is 0 Å². The number of nitrogens with two attached hydrogens (primary N) is 2. The summed E-state index contributed by atoms with van der Waals surface area (Å²) < 4.78 is 0. The molecule has 2 aromatic carbocycles. The summed E-state index contributed by atoms with van der Waals surface area (Å²) in [6.07, 6.45) is 0.717. The largest absolute Gasteiger partial charge is 0.480 e. The Morgan fingerprint density at radius 3 is 1.91 bits per heavy atom. The lowest BCUT2D eigenvalue weighted by Crippen LogP contribution is -2.40. The van der Waals surface area contributed by atoms with Crippen molar-refractivity contribution < 1.29 is 24.5 Å². The summed E-state index contributed by atoms with van der Waals surface area (Å²) in [6.45, 7) is 0.327. The van der Waals surface area contributed by atoms with Gasteiger partial charge in [0.25, 0.3) is 5.91 Å². The van der Waals surface area contributed by atoms with E-state index in [1.54, 1.807) is 54.0 Å². The fraction of sp³-hybridized carbons (Fsp3) is 0.200. The van der Waals surface area contributed by atoms with Gasteiger partial charge in [-0.1, -0.05) is 41.8 Å². The van der Waals surface area contributed by atoms with Crippen LogP contribution in [0.15, 0.2) is 65.7 Å². The third kappa shape index (κ3) is 10.3. The minimum atomic E-state index is -1.08. The van der Waals surface area contributed by atoms with Crippen LogP contribution in [0.2, 0.25) is 0 Å². The topological polar surface area (TPSA) is 203 Å². The van der Waals surface area contributed by atoms with E-state index in [0.717, 1.165) is 0 Å². The van der Waals surface area contributed by atoms with E-state index in [-0.39, 0.29) is 17.9 Å². The predicted octanol–water partition coefficient (Wildman–Crippen LogP) is 0.531. The molecule has 0 aliphatic rings. The van der Waals surface area contributed by atoms with E-state index in [1.807, 2.05) is 0 Å². The summed E-state index contributed by atoms with van der Waals surface area (Å²) in [5.74, 6) is -2.25. The van der Waals surface area contributed by atoms with E-state index >= 15 is 0 Å². The highest BCUT2D eigenvalue weighted by Gasteiger charge is 2.19. The van der Waals surface area contributed by atoms with Crippen molar-refractivity contribution in [2.45, 2.75) is 18.9 Å². The molecule has 0 radical (unpaired) electrons. The molecular formula is C20H24N6O6. The first-order chi connectivity index (χ1) is 15.2. The fourth-order valence-electron chi connectivity index (χ4n) is 2.33. The first kappa shape index (κ1) is 25.6. The van der Waals surface area contributed by atoms with Crippen LogP contribution in [-0.4, -0.2) is 46.5 Å². The van der Waals surface area contributed by atoms with Gasteiger partial charge in [0.15, 0.2) is 11.0 Å². The molecule has 12 heteroatoms. The number of carbonyl (C=O) groups excluding carboxylic acids is 2. The Hall–Kier alpha value is -4.48. The molecular weight excluding hydrogens is 420 g/mol. The molecule has 0 bridgehead atoms. The van der Waals surface area contributed by atoms with Gasteiger partial charge in [-0.2, -0.15) is 0 Å². The number of hydrogen-bond acceptors (Lipinski definition) is 6. The quantitative estimate of drug-likeness (QED) is 0.121. The molecule has 12 nitrogen and oxygen atoms in total. The number of nitrogens with zero attached hydrogens (tertiary/aromatic N) is 2. The zero-order valence-corrected chi connectivity index (χ0v) is 17.0. The third-order valence-electron chi connectivity index (χ3n) is 3.81. The highest BCUT2D eigenvalue weighted by atomic mass is 16.7. The second kappa shape index (κ2) is 13.7. The Labute approximate surface area is 183 Å². The van der Waals surface area contributed by atoms with E-state index in [1.165, 1.54) is 12.1 Å². The van der Waals surface area contributed by atoms with Gasteiger partial charge in [-0.25, -0.2) is 14.9 Å². The van der Waals surface area contributed by atoms with Crippen LogP contribution in [-0.2, 0) is 4.79 Å². The van der Waals surface area contributed by atoms with E-state index in [0.29, 0.717) is 18.5 Å². The van der Waals surface area contributed by atoms with Gasteiger partial charge in [0.1, 0.15) is 6.04 Å². The molecule has 7 N–H and O–H groups in total. The molecule has 0 heterocycles. The molecule has 32 heavy (non-hydrogen) atoms. The monoisotopic (exact) mass is 444 g/mol. The molecule has 2 amide bonds. The van der Waals surface area contributed by atoms with E-state index < -0.39 is 28.9 Å². The summed E-state index contributed by atoms with van der Waals surface area (Å²) in [7, 11) is 0.